The molecule has 7 heteroatoms. The Kier molecular flexibility index (Phi) is 6.92. The normalized spacial score (nSPS) is 16.4. The maximum Gasteiger partial charge on any atom is 0.336 e. The van der Waals surface area contributed by atoms with Gasteiger partial charge in [0.15, 0.2) is 6.10 Å². The van der Waals surface area contributed by atoms with Gasteiger partial charge in [0.1, 0.15) is 11.3 Å². The largest absolute Gasteiger partial charge is 0.481 e. The van der Waals surface area contributed by atoms with Crippen molar-refractivity contribution in [3.63, 3.8) is 0 Å². The highest BCUT2D eigenvalue weighted by molar-refractivity contribution is 5.83. The van der Waals surface area contributed by atoms with Crippen LogP contribution < -0.4 is 10.4 Å². The minimum absolute atomic E-state index is 0.0129. The Morgan fingerprint density at radius 3 is 2.59 bits per heavy atom. The van der Waals surface area contributed by atoms with Crippen molar-refractivity contribution in [1.29, 1.82) is 0 Å². The number of nitrogens with zero attached hydrogens (tertiary/aromatic N) is 3. The van der Waals surface area contributed by atoms with Crippen LogP contribution in [0.3, 0.4) is 0 Å². The van der Waals surface area contributed by atoms with E-state index in [2.05, 4.69) is 23.9 Å². The van der Waals surface area contributed by atoms with Crippen LogP contribution in [0.5, 0.6) is 5.75 Å². The molecule has 0 N–H and O–H groups in total. The van der Waals surface area contributed by atoms with Crippen LogP contribution in [0.15, 0.2) is 33.5 Å². The summed E-state index contributed by atoms with van der Waals surface area (Å²) in [5.74, 6) is 0.514. The molecule has 0 radical (unpaired) electrons. The number of benzene rings is 1. The van der Waals surface area contributed by atoms with Gasteiger partial charge in [0, 0.05) is 56.8 Å². The van der Waals surface area contributed by atoms with Gasteiger partial charge in [0.05, 0.1) is 0 Å². The fourth-order valence-corrected chi connectivity index (χ4v) is 3.62. The summed E-state index contributed by atoms with van der Waals surface area (Å²) in [5.41, 5.74) is 1.06. The van der Waals surface area contributed by atoms with Crippen LogP contribution in [0.4, 0.5) is 0 Å². The highest BCUT2D eigenvalue weighted by atomic mass is 16.5. The van der Waals surface area contributed by atoms with E-state index in [1.807, 2.05) is 24.0 Å². The zero-order chi connectivity index (χ0) is 21.0. The van der Waals surface area contributed by atoms with Gasteiger partial charge in [-0.05, 0) is 45.1 Å². The van der Waals surface area contributed by atoms with Gasteiger partial charge >= 0.3 is 5.63 Å². The zero-order valence-corrected chi connectivity index (χ0v) is 17.8. The molecular weight excluding hydrogens is 370 g/mol. The van der Waals surface area contributed by atoms with Crippen molar-refractivity contribution < 1.29 is 13.9 Å². The van der Waals surface area contributed by atoms with Gasteiger partial charge in [-0.15, -0.1) is 0 Å². The first-order valence-electron chi connectivity index (χ1n) is 10.3. The molecule has 0 aliphatic carbocycles. The van der Waals surface area contributed by atoms with E-state index >= 15 is 0 Å². The van der Waals surface area contributed by atoms with Crippen LogP contribution in [0.1, 0.15) is 19.4 Å². The molecule has 1 saturated heterocycles. The van der Waals surface area contributed by atoms with Crippen LogP contribution in [-0.2, 0) is 11.2 Å². The second kappa shape index (κ2) is 9.41. The van der Waals surface area contributed by atoms with Crippen molar-refractivity contribution in [3.8, 4) is 5.75 Å². The van der Waals surface area contributed by atoms with Crippen molar-refractivity contribution in [3.05, 3.63) is 40.2 Å². The fraction of sp³-hybridized carbons (Fsp3) is 0.545. The quantitative estimate of drug-likeness (QED) is 0.660. The van der Waals surface area contributed by atoms with Crippen LogP contribution in [0.2, 0.25) is 0 Å². The molecule has 1 amide bonds. The number of amides is 1. The highest BCUT2D eigenvalue weighted by Crippen LogP contribution is 2.24. The third-order valence-electron chi connectivity index (χ3n) is 5.39. The standard InChI is InChI=1S/C22H31N3O4/c1-5-17-14-21(26)29-20-15-18(6-7-19(17)20)28-16(2)22(27)25-12-10-24(11-13-25)9-8-23(3)4/h6-7,14-16H,5,8-13H2,1-4H3. The van der Waals surface area contributed by atoms with Crippen molar-refractivity contribution in [2.45, 2.75) is 26.4 Å². The first-order valence-corrected chi connectivity index (χ1v) is 10.3. The molecule has 29 heavy (non-hydrogen) atoms. The number of carbonyl (C=O) groups is 1. The smallest absolute Gasteiger partial charge is 0.336 e. The first-order chi connectivity index (χ1) is 13.9. The molecule has 0 spiro atoms. The SMILES string of the molecule is CCc1cc(=O)oc2cc(OC(C)C(=O)N3CCN(CCN(C)C)CC3)ccc12. The van der Waals surface area contributed by atoms with E-state index in [0.29, 0.717) is 24.4 Å². The molecule has 1 fully saturated rings. The topological polar surface area (TPSA) is 66.2 Å². The highest BCUT2D eigenvalue weighted by Gasteiger charge is 2.26. The minimum Gasteiger partial charge on any atom is -0.481 e. The summed E-state index contributed by atoms with van der Waals surface area (Å²) < 4.78 is 11.2. The Bertz CT molecular complexity index is 901. The third-order valence-corrected chi connectivity index (χ3v) is 5.39. The number of hydrogen-bond acceptors (Lipinski definition) is 6. The molecular formula is C22H31N3O4. The summed E-state index contributed by atoms with van der Waals surface area (Å²) in [5, 5.41) is 0.896. The number of fused-ring (bicyclic) bond motifs is 1. The van der Waals surface area contributed by atoms with Crippen molar-refractivity contribution in [1.82, 2.24) is 14.7 Å². The first kappa shape index (κ1) is 21.3. The summed E-state index contributed by atoms with van der Waals surface area (Å²) in [6.45, 7) is 9.00. The lowest BCUT2D eigenvalue weighted by atomic mass is 10.1. The molecule has 0 bridgehead atoms. The number of hydrogen-bond donors (Lipinski definition) is 0. The van der Waals surface area contributed by atoms with E-state index in [9.17, 15) is 9.59 Å². The van der Waals surface area contributed by atoms with E-state index in [1.54, 1.807) is 13.0 Å². The van der Waals surface area contributed by atoms with Crippen LogP contribution >= 0.6 is 0 Å². The van der Waals surface area contributed by atoms with Gasteiger partial charge < -0.3 is 19.0 Å². The number of rotatable bonds is 7. The Hall–Kier alpha value is -2.38. The van der Waals surface area contributed by atoms with Gasteiger partial charge in [-0.3, -0.25) is 9.69 Å². The summed E-state index contributed by atoms with van der Waals surface area (Å²) >= 11 is 0. The average Bonchev–Trinajstić information content (AvgIpc) is 2.71. The van der Waals surface area contributed by atoms with E-state index in [1.165, 1.54) is 6.07 Å². The Morgan fingerprint density at radius 1 is 1.21 bits per heavy atom. The number of ether oxygens (including phenoxy) is 1. The Morgan fingerprint density at radius 2 is 1.93 bits per heavy atom. The number of likely N-dealkylation sites (N-methyl/N-ethyl adjacent to an activating group) is 1. The Balaban J connectivity index is 1.61. The van der Waals surface area contributed by atoms with Crippen LogP contribution in [-0.4, -0.2) is 80.1 Å². The third kappa shape index (κ3) is 5.36. The van der Waals surface area contributed by atoms with E-state index < -0.39 is 6.10 Å². The van der Waals surface area contributed by atoms with Gasteiger partial charge in [0.25, 0.3) is 5.91 Å². The average molecular weight is 402 g/mol. The summed E-state index contributed by atoms with van der Waals surface area (Å²) in [6.07, 6.45) is 0.152. The predicted octanol–water partition coefficient (Wildman–Crippen LogP) is 1.83. The maximum atomic E-state index is 12.8. The summed E-state index contributed by atoms with van der Waals surface area (Å²) in [4.78, 5) is 31.0. The molecule has 2 heterocycles. The maximum absolute atomic E-state index is 12.8. The fourth-order valence-electron chi connectivity index (χ4n) is 3.62. The van der Waals surface area contributed by atoms with Crippen molar-refractivity contribution in [2.75, 3.05) is 53.4 Å². The van der Waals surface area contributed by atoms with E-state index in [0.717, 1.165) is 43.5 Å². The molecule has 1 atom stereocenters. The van der Waals surface area contributed by atoms with Crippen molar-refractivity contribution >= 4 is 16.9 Å². The minimum atomic E-state index is -0.596. The lowest BCUT2D eigenvalue weighted by Gasteiger charge is -2.36. The lowest BCUT2D eigenvalue weighted by molar-refractivity contribution is -0.139. The number of aryl methyl sites for hydroxylation is 1. The van der Waals surface area contributed by atoms with Gasteiger partial charge in [0.2, 0.25) is 0 Å². The molecule has 1 aliphatic rings. The number of carbonyl (C=O) groups excluding carboxylic acids is 1. The molecule has 0 saturated carbocycles. The Labute approximate surface area is 171 Å². The van der Waals surface area contributed by atoms with Gasteiger partial charge in [-0.2, -0.15) is 0 Å². The molecule has 1 aromatic carbocycles. The van der Waals surface area contributed by atoms with Gasteiger partial charge in [-0.25, -0.2) is 4.79 Å². The second-order valence-corrected chi connectivity index (χ2v) is 7.83. The molecule has 1 aliphatic heterocycles. The molecule has 7 nitrogen and oxygen atoms in total. The molecule has 1 unspecified atom stereocenters. The lowest BCUT2D eigenvalue weighted by Crippen LogP contribution is -2.52. The van der Waals surface area contributed by atoms with Crippen LogP contribution in [0.25, 0.3) is 11.0 Å². The molecule has 2 aromatic rings. The number of piperazine rings is 1. The molecule has 1 aromatic heterocycles. The van der Waals surface area contributed by atoms with Gasteiger partial charge in [-0.1, -0.05) is 6.92 Å². The zero-order valence-electron chi connectivity index (χ0n) is 17.8. The van der Waals surface area contributed by atoms with Crippen molar-refractivity contribution in [2.24, 2.45) is 0 Å². The summed E-state index contributed by atoms with van der Waals surface area (Å²) in [6, 6.07) is 6.92. The molecule has 3 rings (SSSR count). The van der Waals surface area contributed by atoms with Crippen LogP contribution in [0, 0.1) is 0 Å². The second-order valence-electron chi connectivity index (χ2n) is 7.83. The summed E-state index contributed by atoms with van der Waals surface area (Å²) in [7, 11) is 4.14. The monoisotopic (exact) mass is 401 g/mol. The predicted molar refractivity (Wildman–Crippen MR) is 114 cm³/mol. The molecule has 158 valence electrons. The van der Waals surface area contributed by atoms with E-state index in [4.69, 9.17) is 9.15 Å². The van der Waals surface area contributed by atoms with E-state index in [-0.39, 0.29) is 11.5 Å².